The molecule has 0 aliphatic rings. The summed E-state index contributed by atoms with van der Waals surface area (Å²) in [4.78, 5) is 27.7. The van der Waals surface area contributed by atoms with E-state index in [9.17, 15) is 19.3 Å². The predicted octanol–water partition coefficient (Wildman–Crippen LogP) is 4.69. The van der Waals surface area contributed by atoms with Gasteiger partial charge in [-0.25, -0.2) is 9.37 Å². The van der Waals surface area contributed by atoms with E-state index in [0.29, 0.717) is 11.6 Å². The maximum absolute atomic E-state index is 12.9. The predicted molar refractivity (Wildman–Crippen MR) is 97.4 cm³/mol. The van der Waals surface area contributed by atoms with Crippen molar-refractivity contribution >= 4 is 39.7 Å². The summed E-state index contributed by atoms with van der Waals surface area (Å²) in [6.45, 7) is 0. The topological polar surface area (TPSA) is 85.1 Å². The Hall–Kier alpha value is -2.84. The number of rotatable bonds is 5. The summed E-state index contributed by atoms with van der Waals surface area (Å²) in [6.07, 6.45) is 2.13. The molecule has 0 aliphatic carbocycles. The van der Waals surface area contributed by atoms with Gasteiger partial charge in [-0.1, -0.05) is 23.7 Å². The van der Waals surface area contributed by atoms with Crippen molar-refractivity contribution in [2.45, 2.75) is 6.42 Å². The smallest absolute Gasteiger partial charge is 0.283 e. The third-order valence-electron chi connectivity index (χ3n) is 3.47. The summed E-state index contributed by atoms with van der Waals surface area (Å²) in [5.41, 5.74) is 0.425. The molecule has 26 heavy (non-hydrogen) atoms. The molecule has 3 rings (SSSR count). The largest absolute Gasteiger partial charge is 0.298 e. The molecule has 3 aromatic rings. The normalized spacial score (nSPS) is 10.5. The van der Waals surface area contributed by atoms with Gasteiger partial charge in [0, 0.05) is 28.6 Å². The molecule has 0 spiro atoms. The first-order valence-corrected chi connectivity index (χ1v) is 8.56. The SMILES string of the molecule is O=C(Nc1ncc(Cc2ccc(F)cc2)s1)c1ccc(Cl)cc1[N+](=O)[O-]. The zero-order valence-electron chi connectivity index (χ0n) is 13.1. The number of carbonyl (C=O) groups excluding carboxylic acids is 1. The van der Waals surface area contributed by atoms with Gasteiger partial charge in [-0.05, 0) is 29.8 Å². The number of halogens is 2. The van der Waals surface area contributed by atoms with E-state index in [2.05, 4.69) is 10.3 Å². The number of nitrogens with one attached hydrogen (secondary N) is 1. The van der Waals surface area contributed by atoms with Gasteiger partial charge in [0.25, 0.3) is 11.6 Å². The fourth-order valence-corrected chi connectivity index (χ4v) is 3.27. The standard InChI is InChI=1S/C17H11ClFN3O3S/c18-11-3-6-14(15(8-11)22(24)25)16(23)21-17-20-9-13(26-17)7-10-1-4-12(19)5-2-10/h1-6,8-9H,7H2,(H,20,21,23). The molecule has 6 nitrogen and oxygen atoms in total. The molecular formula is C17H11ClFN3O3S. The molecule has 1 heterocycles. The lowest BCUT2D eigenvalue weighted by Gasteiger charge is -2.03. The van der Waals surface area contributed by atoms with Gasteiger partial charge < -0.3 is 0 Å². The number of nitrogens with zero attached hydrogens (tertiary/aromatic N) is 2. The van der Waals surface area contributed by atoms with E-state index in [1.54, 1.807) is 18.3 Å². The van der Waals surface area contributed by atoms with Crippen molar-refractivity contribution in [3.63, 3.8) is 0 Å². The minimum atomic E-state index is -0.664. The molecule has 1 aromatic heterocycles. The number of thiazole rings is 1. The number of hydrogen-bond donors (Lipinski definition) is 1. The summed E-state index contributed by atoms with van der Waals surface area (Å²) in [7, 11) is 0. The summed E-state index contributed by atoms with van der Waals surface area (Å²) >= 11 is 6.99. The van der Waals surface area contributed by atoms with Crippen LogP contribution in [0, 0.1) is 15.9 Å². The number of carbonyl (C=O) groups is 1. The van der Waals surface area contributed by atoms with Crippen LogP contribution in [0.1, 0.15) is 20.8 Å². The van der Waals surface area contributed by atoms with E-state index in [4.69, 9.17) is 11.6 Å². The molecule has 1 amide bonds. The highest BCUT2D eigenvalue weighted by molar-refractivity contribution is 7.15. The summed E-state index contributed by atoms with van der Waals surface area (Å²) in [5.74, 6) is -0.952. The Morgan fingerprint density at radius 2 is 2.00 bits per heavy atom. The zero-order valence-corrected chi connectivity index (χ0v) is 14.7. The maximum atomic E-state index is 12.9. The van der Waals surface area contributed by atoms with Crippen molar-refractivity contribution in [2.24, 2.45) is 0 Å². The molecule has 0 saturated heterocycles. The Morgan fingerprint density at radius 1 is 1.27 bits per heavy atom. The fourth-order valence-electron chi connectivity index (χ4n) is 2.26. The molecule has 0 fully saturated rings. The minimum Gasteiger partial charge on any atom is -0.298 e. The van der Waals surface area contributed by atoms with Crippen molar-refractivity contribution in [2.75, 3.05) is 5.32 Å². The van der Waals surface area contributed by atoms with E-state index in [-0.39, 0.29) is 22.1 Å². The van der Waals surface area contributed by atoms with Crippen LogP contribution >= 0.6 is 22.9 Å². The molecule has 2 aromatic carbocycles. The van der Waals surface area contributed by atoms with Gasteiger partial charge in [-0.2, -0.15) is 0 Å². The van der Waals surface area contributed by atoms with Gasteiger partial charge in [0.05, 0.1) is 4.92 Å². The van der Waals surface area contributed by atoms with Gasteiger partial charge >= 0.3 is 0 Å². The van der Waals surface area contributed by atoms with E-state index < -0.39 is 10.8 Å². The van der Waals surface area contributed by atoms with Crippen LogP contribution in [0.4, 0.5) is 15.2 Å². The van der Waals surface area contributed by atoms with Crippen molar-refractivity contribution in [1.29, 1.82) is 0 Å². The van der Waals surface area contributed by atoms with Crippen LogP contribution < -0.4 is 5.32 Å². The minimum absolute atomic E-state index is 0.102. The molecule has 0 unspecified atom stereocenters. The van der Waals surface area contributed by atoms with Gasteiger partial charge in [0.15, 0.2) is 5.13 Å². The summed E-state index contributed by atoms with van der Waals surface area (Å²) in [6, 6.07) is 9.92. The number of anilines is 1. The third kappa shape index (κ3) is 4.22. The van der Waals surface area contributed by atoms with Crippen LogP contribution in [-0.4, -0.2) is 15.8 Å². The first-order valence-electron chi connectivity index (χ1n) is 7.37. The molecule has 0 bridgehead atoms. The Morgan fingerprint density at radius 3 is 2.69 bits per heavy atom. The van der Waals surface area contributed by atoms with Gasteiger partial charge in [-0.15, -0.1) is 11.3 Å². The average molecular weight is 392 g/mol. The van der Waals surface area contributed by atoms with Crippen LogP contribution in [0.25, 0.3) is 0 Å². The molecule has 0 aliphatic heterocycles. The monoisotopic (exact) mass is 391 g/mol. The molecule has 0 saturated carbocycles. The first kappa shape index (κ1) is 18.0. The second-order valence-corrected chi connectivity index (χ2v) is 6.86. The third-order valence-corrected chi connectivity index (χ3v) is 4.61. The van der Waals surface area contributed by atoms with E-state index >= 15 is 0 Å². The lowest BCUT2D eigenvalue weighted by atomic mass is 10.1. The second kappa shape index (κ2) is 7.59. The highest BCUT2D eigenvalue weighted by Crippen LogP contribution is 2.26. The van der Waals surface area contributed by atoms with Crippen molar-refractivity contribution in [1.82, 2.24) is 4.98 Å². The summed E-state index contributed by atoms with van der Waals surface area (Å²) < 4.78 is 12.9. The quantitative estimate of drug-likeness (QED) is 0.505. The van der Waals surface area contributed by atoms with Crippen molar-refractivity contribution < 1.29 is 14.1 Å². The highest BCUT2D eigenvalue weighted by atomic mass is 35.5. The number of nitro groups is 1. The van der Waals surface area contributed by atoms with E-state index in [1.165, 1.54) is 35.6 Å². The Kier molecular flexibility index (Phi) is 5.24. The molecule has 1 N–H and O–H groups in total. The molecule has 0 atom stereocenters. The molecule has 132 valence electrons. The Balaban J connectivity index is 1.74. The van der Waals surface area contributed by atoms with Crippen molar-refractivity contribution in [3.8, 4) is 0 Å². The summed E-state index contributed by atoms with van der Waals surface area (Å²) in [5, 5.41) is 14.1. The fraction of sp³-hybridized carbons (Fsp3) is 0.0588. The zero-order chi connectivity index (χ0) is 18.7. The average Bonchev–Trinajstić information content (AvgIpc) is 3.03. The number of amides is 1. The lowest BCUT2D eigenvalue weighted by Crippen LogP contribution is -2.13. The van der Waals surface area contributed by atoms with Crippen LogP contribution in [-0.2, 0) is 6.42 Å². The molecule has 9 heteroatoms. The van der Waals surface area contributed by atoms with Crippen LogP contribution in [0.2, 0.25) is 5.02 Å². The van der Waals surface area contributed by atoms with Crippen LogP contribution in [0.5, 0.6) is 0 Å². The Bertz CT molecular complexity index is 976. The second-order valence-electron chi connectivity index (χ2n) is 5.31. The van der Waals surface area contributed by atoms with Gasteiger partial charge in [0.1, 0.15) is 11.4 Å². The van der Waals surface area contributed by atoms with E-state index in [0.717, 1.165) is 16.5 Å². The number of aromatic nitrogens is 1. The van der Waals surface area contributed by atoms with Crippen LogP contribution in [0.3, 0.4) is 0 Å². The van der Waals surface area contributed by atoms with E-state index in [1.807, 2.05) is 0 Å². The number of benzene rings is 2. The molecule has 0 radical (unpaired) electrons. The number of hydrogen-bond acceptors (Lipinski definition) is 5. The van der Waals surface area contributed by atoms with Crippen LogP contribution in [0.15, 0.2) is 48.7 Å². The Labute approximate surface area is 156 Å². The first-order chi connectivity index (χ1) is 12.4. The maximum Gasteiger partial charge on any atom is 0.283 e. The van der Waals surface area contributed by atoms with Gasteiger partial charge in [0.2, 0.25) is 0 Å². The van der Waals surface area contributed by atoms with Crippen molar-refractivity contribution in [3.05, 3.63) is 85.6 Å². The van der Waals surface area contributed by atoms with Gasteiger partial charge in [-0.3, -0.25) is 20.2 Å². The highest BCUT2D eigenvalue weighted by Gasteiger charge is 2.21. The molecular weight excluding hydrogens is 381 g/mol. The lowest BCUT2D eigenvalue weighted by molar-refractivity contribution is -0.385. The number of nitro benzene ring substituents is 1.